The number of hydrogen-bond donors (Lipinski definition) is 1. The number of benzene rings is 1. The van der Waals surface area contributed by atoms with E-state index in [2.05, 4.69) is 9.36 Å². The maximum absolute atomic E-state index is 12.3. The largest absolute Gasteiger partial charge is 0.416 e. The smallest absolute Gasteiger partial charge is 0.374 e. The van der Waals surface area contributed by atoms with Crippen LogP contribution in [0, 0.1) is 0 Å². The van der Waals surface area contributed by atoms with Crippen LogP contribution in [0.2, 0.25) is 0 Å². The van der Waals surface area contributed by atoms with Crippen molar-refractivity contribution >= 4 is 16.7 Å². The fourth-order valence-electron chi connectivity index (χ4n) is 1.49. The first-order valence-electron chi connectivity index (χ1n) is 5.19. The molecule has 96 valence electrons. The molecule has 0 fully saturated rings. The van der Waals surface area contributed by atoms with Crippen molar-refractivity contribution in [2.24, 2.45) is 0 Å². The maximum atomic E-state index is 12.3. The Balaban J connectivity index is 1.98. The molecule has 0 bridgehead atoms. The predicted octanol–water partition coefficient (Wildman–Crippen LogP) is 2.92. The number of rotatable bonds is 3. The maximum Gasteiger partial charge on any atom is 0.416 e. The minimum Gasteiger partial charge on any atom is -0.374 e. The molecule has 0 saturated heterocycles. The Morgan fingerprint density at radius 2 is 1.78 bits per heavy atom. The number of hydrogen-bond acceptors (Lipinski definition) is 4. The Morgan fingerprint density at radius 1 is 1.11 bits per heavy atom. The summed E-state index contributed by atoms with van der Waals surface area (Å²) in [5.41, 5.74) is 5.61. The molecule has 1 aromatic carbocycles. The molecular formula is C11H10F3N3S. The van der Waals surface area contributed by atoms with Crippen molar-refractivity contribution in [2.45, 2.75) is 19.0 Å². The Morgan fingerprint density at radius 3 is 2.28 bits per heavy atom. The molecule has 7 heteroatoms. The number of nitrogens with zero attached hydrogens (tertiary/aromatic N) is 2. The summed E-state index contributed by atoms with van der Waals surface area (Å²) in [6, 6.07) is 5.10. The lowest BCUT2D eigenvalue weighted by molar-refractivity contribution is -0.137. The standard InChI is InChI=1S/C11H10F3N3S/c12-11(13,14)8-4-1-7(2-5-8)3-6-9-16-10(15)18-17-9/h1-2,4-5H,3,6H2,(H2,15,16,17). The van der Waals surface area contributed by atoms with Crippen LogP contribution in [0.25, 0.3) is 0 Å². The van der Waals surface area contributed by atoms with Crippen LogP contribution in [0.4, 0.5) is 18.3 Å². The van der Waals surface area contributed by atoms with Crippen LogP contribution in [0.3, 0.4) is 0 Å². The van der Waals surface area contributed by atoms with Gasteiger partial charge in [0.25, 0.3) is 0 Å². The summed E-state index contributed by atoms with van der Waals surface area (Å²) in [6.45, 7) is 0. The fraction of sp³-hybridized carbons (Fsp3) is 0.273. The summed E-state index contributed by atoms with van der Waals surface area (Å²) in [5.74, 6) is 0.623. The van der Waals surface area contributed by atoms with E-state index in [9.17, 15) is 13.2 Å². The third-order valence-corrected chi connectivity index (χ3v) is 2.98. The zero-order valence-corrected chi connectivity index (χ0v) is 10.1. The van der Waals surface area contributed by atoms with Gasteiger partial charge in [-0.1, -0.05) is 12.1 Å². The number of halogens is 3. The fourth-order valence-corrected chi connectivity index (χ4v) is 1.96. The van der Waals surface area contributed by atoms with Gasteiger partial charge in [0.15, 0.2) is 5.13 Å². The number of nitrogen functional groups attached to an aromatic ring is 1. The minimum atomic E-state index is -4.29. The molecule has 2 N–H and O–H groups in total. The van der Waals surface area contributed by atoms with Crippen molar-refractivity contribution in [3.8, 4) is 0 Å². The van der Waals surface area contributed by atoms with Gasteiger partial charge in [0.2, 0.25) is 0 Å². The molecule has 2 aromatic rings. The van der Waals surface area contributed by atoms with E-state index in [-0.39, 0.29) is 0 Å². The molecule has 0 aliphatic rings. The molecule has 0 unspecified atom stereocenters. The van der Waals surface area contributed by atoms with Gasteiger partial charge in [0.1, 0.15) is 5.82 Å². The summed E-state index contributed by atoms with van der Waals surface area (Å²) in [5, 5.41) is 0.400. The molecule has 1 aromatic heterocycles. The van der Waals surface area contributed by atoms with Crippen LogP contribution in [0.1, 0.15) is 17.0 Å². The first-order valence-corrected chi connectivity index (χ1v) is 5.97. The average Bonchev–Trinajstić information content (AvgIpc) is 2.72. The van der Waals surface area contributed by atoms with E-state index in [1.807, 2.05) is 0 Å². The molecule has 1 heterocycles. The van der Waals surface area contributed by atoms with Gasteiger partial charge in [0, 0.05) is 18.0 Å². The number of aromatic nitrogens is 2. The van der Waals surface area contributed by atoms with E-state index < -0.39 is 11.7 Å². The molecular weight excluding hydrogens is 263 g/mol. The average molecular weight is 273 g/mol. The van der Waals surface area contributed by atoms with Gasteiger partial charge in [-0.05, 0) is 24.1 Å². The van der Waals surface area contributed by atoms with Gasteiger partial charge >= 0.3 is 6.18 Å². The lowest BCUT2D eigenvalue weighted by Crippen LogP contribution is -2.04. The van der Waals surface area contributed by atoms with E-state index in [0.717, 1.165) is 29.2 Å². The second-order valence-electron chi connectivity index (χ2n) is 3.74. The van der Waals surface area contributed by atoms with E-state index in [4.69, 9.17) is 5.73 Å². The van der Waals surface area contributed by atoms with E-state index in [1.165, 1.54) is 12.1 Å². The van der Waals surface area contributed by atoms with Crippen LogP contribution >= 0.6 is 11.5 Å². The highest BCUT2D eigenvalue weighted by molar-refractivity contribution is 7.09. The monoisotopic (exact) mass is 273 g/mol. The van der Waals surface area contributed by atoms with E-state index in [1.54, 1.807) is 0 Å². The highest BCUT2D eigenvalue weighted by atomic mass is 32.1. The second-order valence-corrected chi connectivity index (χ2v) is 4.53. The molecule has 0 amide bonds. The lowest BCUT2D eigenvalue weighted by Gasteiger charge is -2.07. The Labute approximate surface area is 106 Å². The highest BCUT2D eigenvalue weighted by Gasteiger charge is 2.29. The molecule has 0 saturated carbocycles. The van der Waals surface area contributed by atoms with Crippen LogP contribution in [-0.2, 0) is 19.0 Å². The zero-order valence-electron chi connectivity index (χ0n) is 9.24. The summed E-state index contributed by atoms with van der Waals surface area (Å²) >= 11 is 1.11. The number of alkyl halides is 3. The van der Waals surface area contributed by atoms with E-state index >= 15 is 0 Å². The van der Waals surface area contributed by atoms with Crippen molar-refractivity contribution in [3.63, 3.8) is 0 Å². The minimum absolute atomic E-state index is 0.400. The summed E-state index contributed by atoms with van der Waals surface area (Å²) in [4.78, 5) is 3.99. The number of nitrogens with two attached hydrogens (primary N) is 1. The topological polar surface area (TPSA) is 51.8 Å². The first kappa shape index (κ1) is 12.8. The summed E-state index contributed by atoms with van der Waals surface area (Å²) in [6.07, 6.45) is -3.13. The normalized spacial score (nSPS) is 11.7. The Bertz CT molecular complexity index is 519. The van der Waals surface area contributed by atoms with Gasteiger partial charge in [-0.15, -0.1) is 0 Å². The molecule has 0 aliphatic heterocycles. The third-order valence-electron chi connectivity index (χ3n) is 2.40. The van der Waals surface area contributed by atoms with Gasteiger partial charge < -0.3 is 5.73 Å². The van der Waals surface area contributed by atoms with Crippen molar-refractivity contribution in [3.05, 3.63) is 41.2 Å². The molecule has 0 atom stereocenters. The lowest BCUT2D eigenvalue weighted by atomic mass is 10.1. The van der Waals surface area contributed by atoms with Crippen LogP contribution in [0.5, 0.6) is 0 Å². The molecule has 2 rings (SSSR count). The van der Waals surface area contributed by atoms with Crippen molar-refractivity contribution in [1.82, 2.24) is 9.36 Å². The first-order chi connectivity index (χ1) is 8.45. The molecule has 3 nitrogen and oxygen atoms in total. The Hall–Kier alpha value is -1.63. The predicted molar refractivity (Wildman–Crippen MR) is 63.2 cm³/mol. The Kier molecular flexibility index (Phi) is 3.51. The van der Waals surface area contributed by atoms with E-state index in [0.29, 0.717) is 23.8 Å². The summed E-state index contributed by atoms with van der Waals surface area (Å²) < 4.78 is 41.0. The quantitative estimate of drug-likeness (QED) is 0.935. The SMILES string of the molecule is Nc1nc(CCc2ccc(C(F)(F)F)cc2)ns1. The van der Waals surface area contributed by atoms with Gasteiger partial charge in [-0.3, -0.25) is 0 Å². The second kappa shape index (κ2) is 4.93. The molecule has 0 spiro atoms. The van der Waals surface area contributed by atoms with Crippen molar-refractivity contribution < 1.29 is 13.2 Å². The van der Waals surface area contributed by atoms with Crippen molar-refractivity contribution in [2.75, 3.05) is 5.73 Å². The van der Waals surface area contributed by atoms with Crippen LogP contribution < -0.4 is 5.73 Å². The molecule has 0 aliphatic carbocycles. The summed E-state index contributed by atoms with van der Waals surface area (Å²) in [7, 11) is 0. The van der Waals surface area contributed by atoms with Crippen LogP contribution in [-0.4, -0.2) is 9.36 Å². The number of aryl methyl sites for hydroxylation is 2. The van der Waals surface area contributed by atoms with Crippen molar-refractivity contribution in [1.29, 1.82) is 0 Å². The van der Waals surface area contributed by atoms with Gasteiger partial charge in [-0.25, -0.2) is 4.98 Å². The molecule has 18 heavy (non-hydrogen) atoms. The van der Waals surface area contributed by atoms with Crippen LogP contribution in [0.15, 0.2) is 24.3 Å². The third kappa shape index (κ3) is 3.19. The molecule has 0 radical (unpaired) electrons. The zero-order chi connectivity index (χ0) is 13.2. The van der Waals surface area contributed by atoms with Gasteiger partial charge in [0.05, 0.1) is 5.56 Å². The number of anilines is 1. The van der Waals surface area contributed by atoms with Gasteiger partial charge in [-0.2, -0.15) is 17.5 Å². The highest BCUT2D eigenvalue weighted by Crippen LogP contribution is 2.29.